The Hall–Kier alpha value is -2.41. The zero-order chi connectivity index (χ0) is 14.8. The number of amides is 1. The Bertz CT molecular complexity index is 792. The number of carbonyl (C=O) groups is 1. The SMILES string of the molecule is CS(=O)(=O)c1ccc(NC(=O)c2cccc(=O)[nH]2)cc1. The van der Waals surface area contributed by atoms with E-state index >= 15 is 0 Å². The van der Waals surface area contributed by atoms with Crippen LogP contribution in [0.25, 0.3) is 0 Å². The second kappa shape index (κ2) is 5.30. The standard InChI is InChI=1S/C13H12N2O4S/c1-20(18,19)10-7-5-9(6-8-10)14-13(17)11-3-2-4-12(16)15-11/h2-8H,1H3,(H,14,17)(H,15,16). The lowest BCUT2D eigenvalue weighted by Crippen LogP contribution is -2.17. The predicted octanol–water partition coefficient (Wildman–Crippen LogP) is 1.03. The number of carbonyl (C=O) groups excluding carboxylic acids is 1. The molecule has 0 fully saturated rings. The van der Waals surface area contributed by atoms with Gasteiger partial charge in [-0.2, -0.15) is 0 Å². The number of aromatic amines is 1. The van der Waals surface area contributed by atoms with Gasteiger partial charge in [0.05, 0.1) is 4.90 Å². The maximum absolute atomic E-state index is 11.8. The highest BCUT2D eigenvalue weighted by Gasteiger charge is 2.09. The third kappa shape index (κ3) is 3.33. The number of anilines is 1. The molecular weight excluding hydrogens is 280 g/mol. The van der Waals surface area contributed by atoms with E-state index in [9.17, 15) is 18.0 Å². The van der Waals surface area contributed by atoms with E-state index in [2.05, 4.69) is 10.3 Å². The van der Waals surface area contributed by atoms with Gasteiger partial charge in [0.2, 0.25) is 5.56 Å². The molecule has 0 aliphatic carbocycles. The minimum atomic E-state index is -3.27. The average Bonchev–Trinajstić information content (AvgIpc) is 2.38. The fourth-order valence-corrected chi connectivity index (χ4v) is 2.19. The Labute approximate surface area is 115 Å². The highest BCUT2D eigenvalue weighted by molar-refractivity contribution is 7.90. The molecule has 0 aliphatic heterocycles. The molecule has 0 saturated heterocycles. The lowest BCUT2D eigenvalue weighted by Gasteiger charge is -2.05. The summed E-state index contributed by atoms with van der Waals surface area (Å²) in [7, 11) is -3.27. The van der Waals surface area contributed by atoms with Crippen LogP contribution in [0.5, 0.6) is 0 Å². The first-order chi connectivity index (χ1) is 9.36. The molecule has 1 heterocycles. The molecule has 0 radical (unpaired) electrons. The van der Waals surface area contributed by atoms with Crippen LogP contribution in [0.1, 0.15) is 10.5 Å². The number of pyridine rings is 1. The zero-order valence-electron chi connectivity index (χ0n) is 10.6. The minimum absolute atomic E-state index is 0.129. The molecule has 2 N–H and O–H groups in total. The number of sulfone groups is 1. The predicted molar refractivity (Wildman–Crippen MR) is 74.6 cm³/mol. The molecule has 0 atom stereocenters. The molecule has 0 unspecified atom stereocenters. The summed E-state index contributed by atoms with van der Waals surface area (Å²) in [5.41, 5.74) is 0.196. The van der Waals surface area contributed by atoms with Crippen molar-refractivity contribution in [2.75, 3.05) is 11.6 Å². The topological polar surface area (TPSA) is 96.1 Å². The van der Waals surface area contributed by atoms with Crippen molar-refractivity contribution in [2.24, 2.45) is 0 Å². The number of H-pyrrole nitrogens is 1. The summed E-state index contributed by atoms with van der Waals surface area (Å²) < 4.78 is 22.6. The van der Waals surface area contributed by atoms with Crippen molar-refractivity contribution in [3.63, 3.8) is 0 Å². The van der Waals surface area contributed by atoms with E-state index in [1.54, 1.807) is 0 Å². The largest absolute Gasteiger partial charge is 0.321 e. The molecule has 6 nitrogen and oxygen atoms in total. The van der Waals surface area contributed by atoms with Gasteiger partial charge in [-0.15, -0.1) is 0 Å². The van der Waals surface area contributed by atoms with E-state index in [1.807, 2.05) is 0 Å². The molecule has 0 saturated carbocycles. The molecule has 0 spiro atoms. The molecule has 0 aliphatic rings. The summed E-state index contributed by atoms with van der Waals surface area (Å²) >= 11 is 0. The van der Waals surface area contributed by atoms with Crippen LogP contribution in [0.2, 0.25) is 0 Å². The lowest BCUT2D eigenvalue weighted by atomic mass is 10.3. The van der Waals surface area contributed by atoms with Crippen molar-refractivity contribution in [2.45, 2.75) is 4.90 Å². The van der Waals surface area contributed by atoms with Gasteiger partial charge in [0.15, 0.2) is 9.84 Å². The van der Waals surface area contributed by atoms with Gasteiger partial charge in [-0.3, -0.25) is 9.59 Å². The van der Waals surface area contributed by atoms with Gasteiger partial charge in [-0.25, -0.2) is 8.42 Å². The molecule has 1 aromatic heterocycles. The van der Waals surface area contributed by atoms with Crippen LogP contribution in [0.4, 0.5) is 5.69 Å². The van der Waals surface area contributed by atoms with Crippen LogP contribution < -0.4 is 10.9 Å². The van der Waals surface area contributed by atoms with E-state index in [4.69, 9.17) is 0 Å². The van der Waals surface area contributed by atoms with Gasteiger partial charge in [0, 0.05) is 18.0 Å². The van der Waals surface area contributed by atoms with E-state index in [0.29, 0.717) is 5.69 Å². The van der Waals surface area contributed by atoms with Gasteiger partial charge in [-0.05, 0) is 30.3 Å². The third-order valence-corrected chi connectivity index (χ3v) is 3.68. The van der Waals surface area contributed by atoms with Crippen molar-refractivity contribution in [1.82, 2.24) is 4.98 Å². The Morgan fingerprint density at radius 2 is 1.75 bits per heavy atom. The Morgan fingerprint density at radius 1 is 1.10 bits per heavy atom. The molecule has 1 aromatic carbocycles. The van der Waals surface area contributed by atoms with Crippen molar-refractivity contribution < 1.29 is 13.2 Å². The first-order valence-electron chi connectivity index (χ1n) is 5.67. The van der Waals surface area contributed by atoms with E-state index in [1.165, 1.54) is 42.5 Å². The summed E-state index contributed by atoms with van der Waals surface area (Å²) in [5.74, 6) is -0.477. The van der Waals surface area contributed by atoms with Crippen LogP contribution in [-0.4, -0.2) is 25.6 Å². The Balaban J connectivity index is 2.18. The maximum atomic E-state index is 11.8. The van der Waals surface area contributed by atoms with Gasteiger partial charge < -0.3 is 10.3 Å². The Morgan fingerprint density at radius 3 is 2.30 bits per heavy atom. The summed E-state index contributed by atoms with van der Waals surface area (Å²) in [6.45, 7) is 0. The number of rotatable bonds is 3. The quantitative estimate of drug-likeness (QED) is 0.883. The van der Waals surface area contributed by atoms with Gasteiger partial charge in [0.25, 0.3) is 5.91 Å². The highest BCUT2D eigenvalue weighted by atomic mass is 32.2. The summed E-state index contributed by atoms with van der Waals surface area (Å²) in [6.07, 6.45) is 1.11. The Kier molecular flexibility index (Phi) is 3.71. The van der Waals surface area contributed by atoms with Crippen LogP contribution in [0, 0.1) is 0 Å². The van der Waals surface area contributed by atoms with Gasteiger partial charge in [0.1, 0.15) is 5.69 Å². The minimum Gasteiger partial charge on any atom is -0.321 e. The van der Waals surface area contributed by atoms with Crippen LogP contribution in [0.3, 0.4) is 0 Å². The molecule has 0 bridgehead atoms. The highest BCUT2D eigenvalue weighted by Crippen LogP contribution is 2.14. The van der Waals surface area contributed by atoms with Crippen molar-refractivity contribution >= 4 is 21.4 Å². The maximum Gasteiger partial charge on any atom is 0.272 e. The monoisotopic (exact) mass is 292 g/mol. The van der Waals surface area contributed by atoms with E-state index in [-0.39, 0.29) is 16.1 Å². The molecule has 7 heteroatoms. The summed E-state index contributed by atoms with van der Waals surface area (Å²) in [4.78, 5) is 25.5. The number of hydrogen-bond donors (Lipinski definition) is 2. The fraction of sp³-hybridized carbons (Fsp3) is 0.0769. The second-order valence-electron chi connectivity index (χ2n) is 4.18. The van der Waals surface area contributed by atoms with E-state index in [0.717, 1.165) is 6.26 Å². The summed E-state index contributed by atoms with van der Waals surface area (Å²) in [6, 6.07) is 10.0. The zero-order valence-corrected chi connectivity index (χ0v) is 11.4. The van der Waals surface area contributed by atoms with Crippen LogP contribution in [-0.2, 0) is 9.84 Å². The van der Waals surface area contributed by atoms with Gasteiger partial charge in [-0.1, -0.05) is 6.07 Å². The number of hydrogen-bond acceptors (Lipinski definition) is 4. The first kappa shape index (κ1) is 14.0. The van der Waals surface area contributed by atoms with Crippen molar-refractivity contribution in [3.8, 4) is 0 Å². The molecule has 104 valence electrons. The normalized spacial score (nSPS) is 11.1. The van der Waals surface area contributed by atoms with E-state index < -0.39 is 15.7 Å². The van der Waals surface area contributed by atoms with Crippen LogP contribution >= 0.6 is 0 Å². The number of benzene rings is 1. The molecular formula is C13H12N2O4S. The molecule has 20 heavy (non-hydrogen) atoms. The number of aromatic nitrogens is 1. The summed E-state index contributed by atoms with van der Waals surface area (Å²) in [5, 5.41) is 2.56. The molecule has 2 aromatic rings. The molecule has 2 rings (SSSR count). The molecule has 1 amide bonds. The van der Waals surface area contributed by atoms with Crippen molar-refractivity contribution in [3.05, 3.63) is 58.5 Å². The van der Waals surface area contributed by atoms with Crippen molar-refractivity contribution in [1.29, 1.82) is 0 Å². The lowest BCUT2D eigenvalue weighted by molar-refractivity contribution is 0.102. The first-order valence-corrected chi connectivity index (χ1v) is 7.56. The second-order valence-corrected chi connectivity index (χ2v) is 6.20. The van der Waals surface area contributed by atoms with Gasteiger partial charge >= 0.3 is 0 Å². The van der Waals surface area contributed by atoms with Crippen LogP contribution in [0.15, 0.2) is 52.2 Å². The number of nitrogens with one attached hydrogen (secondary N) is 2. The third-order valence-electron chi connectivity index (χ3n) is 2.55. The fourth-order valence-electron chi connectivity index (χ4n) is 1.56. The average molecular weight is 292 g/mol. The smallest absolute Gasteiger partial charge is 0.272 e.